The van der Waals surface area contributed by atoms with Crippen molar-refractivity contribution in [3.05, 3.63) is 0 Å². The predicted molar refractivity (Wildman–Crippen MR) is 74.3 cm³/mol. The van der Waals surface area contributed by atoms with E-state index in [2.05, 4.69) is 5.32 Å². The molecule has 2 N–H and O–H groups in total. The van der Waals surface area contributed by atoms with Crippen LogP contribution in [0.5, 0.6) is 0 Å². The lowest BCUT2D eigenvalue weighted by Crippen LogP contribution is -2.50. The molecule has 2 aliphatic carbocycles. The van der Waals surface area contributed by atoms with Gasteiger partial charge in [0, 0.05) is 12.6 Å². The standard InChI is InChI=1S/C15H27NO3/c1-15(14(17)18,16-12-8-9-12)10-4-5-11-19-13-6-2-3-7-13/h12-13,16H,2-11H2,1H3,(H,17,18). The SMILES string of the molecule is CC(CCCCOC1CCCC1)(NC1CC1)C(=O)O. The fourth-order valence-corrected chi connectivity index (χ4v) is 2.80. The molecule has 0 aromatic heterocycles. The molecule has 0 saturated heterocycles. The van der Waals surface area contributed by atoms with Crippen LogP contribution in [0.25, 0.3) is 0 Å². The van der Waals surface area contributed by atoms with Crippen molar-refractivity contribution in [2.75, 3.05) is 6.61 Å². The van der Waals surface area contributed by atoms with E-state index in [-0.39, 0.29) is 0 Å². The van der Waals surface area contributed by atoms with Crippen LogP contribution in [-0.2, 0) is 9.53 Å². The van der Waals surface area contributed by atoms with Crippen molar-refractivity contribution in [3.8, 4) is 0 Å². The van der Waals surface area contributed by atoms with E-state index in [1.165, 1.54) is 25.7 Å². The molecular weight excluding hydrogens is 242 g/mol. The van der Waals surface area contributed by atoms with Crippen molar-refractivity contribution in [1.82, 2.24) is 5.32 Å². The van der Waals surface area contributed by atoms with Crippen molar-refractivity contribution in [2.24, 2.45) is 0 Å². The third kappa shape index (κ3) is 4.77. The summed E-state index contributed by atoms with van der Waals surface area (Å²) in [7, 11) is 0. The maximum Gasteiger partial charge on any atom is 0.323 e. The highest BCUT2D eigenvalue weighted by molar-refractivity contribution is 5.78. The Hall–Kier alpha value is -0.610. The Labute approximate surface area is 115 Å². The molecule has 1 atom stereocenters. The minimum atomic E-state index is -0.755. The third-order valence-electron chi connectivity index (χ3n) is 4.30. The van der Waals surface area contributed by atoms with Gasteiger partial charge < -0.3 is 9.84 Å². The first kappa shape index (κ1) is 14.8. The fourth-order valence-electron chi connectivity index (χ4n) is 2.80. The molecule has 0 aromatic carbocycles. The number of hydrogen-bond donors (Lipinski definition) is 2. The Kier molecular flexibility index (Phi) is 5.22. The minimum Gasteiger partial charge on any atom is -0.480 e. The summed E-state index contributed by atoms with van der Waals surface area (Å²) in [5.41, 5.74) is -0.755. The molecule has 0 radical (unpaired) electrons. The van der Waals surface area contributed by atoms with Gasteiger partial charge in [-0.3, -0.25) is 10.1 Å². The Bertz CT molecular complexity index is 298. The van der Waals surface area contributed by atoms with E-state index < -0.39 is 11.5 Å². The number of rotatable bonds is 9. The van der Waals surface area contributed by atoms with E-state index in [9.17, 15) is 9.90 Å². The van der Waals surface area contributed by atoms with Crippen molar-refractivity contribution in [3.63, 3.8) is 0 Å². The van der Waals surface area contributed by atoms with E-state index in [1.807, 2.05) is 6.92 Å². The van der Waals surface area contributed by atoms with E-state index in [4.69, 9.17) is 4.74 Å². The largest absolute Gasteiger partial charge is 0.480 e. The first-order valence-corrected chi connectivity index (χ1v) is 7.73. The van der Waals surface area contributed by atoms with Gasteiger partial charge in [-0.2, -0.15) is 0 Å². The number of carbonyl (C=O) groups is 1. The van der Waals surface area contributed by atoms with Gasteiger partial charge in [0.15, 0.2) is 0 Å². The summed E-state index contributed by atoms with van der Waals surface area (Å²) in [5, 5.41) is 12.6. The molecule has 2 rings (SSSR count). The molecule has 110 valence electrons. The molecule has 1 unspecified atom stereocenters. The summed E-state index contributed by atoms with van der Waals surface area (Å²) in [5.74, 6) is -0.726. The second-order valence-electron chi connectivity index (χ2n) is 6.29. The summed E-state index contributed by atoms with van der Waals surface area (Å²) in [6, 6.07) is 0.427. The van der Waals surface area contributed by atoms with Gasteiger partial charge in [-0.15, -0.1) is 0 Å². The van der Waals surface area contributed by atoms with E-state index in [1.54, 1.807) is 0 Å². The summed E-state index contributed by atoms with van der Waals surface area (Å²) in [6.07, 6.45) is 10.3. The van der Waals surface area contributed by atoms with Crippen LogP contribution in [-0.4, -0.2) is 35.4 Å². The van der Waals surface area contributed by atoms with Crippen molar-refractivity contribution >= 4 is 5.97 Å². The van der Waals surface area contributed by atoms with E-state index in [0.29, 0.717) is 18.6 Å². The fraction of sp³-hybridized carbons (Fsp3) is 0.933. The first-order valence-electron chi connectivity index (χ1n) is 7.73. The molecule has 0 aliphatic heterocycles. The molecule has 0 heterocycles. The van der Waals surface area contributed by atoms with E-state index >= 15 is 0 Å². The Morgan fingerprint density at radius 2 is 1.95 bits per heavy atom. The molecular formula is C15H27NO3. The van der Waals surface area contributed by atoms with Gasteiger partial charge in [-0.25, -0.2) is 0 Å². The van der Waals surface area contributed by atoms with Gasteiger partial charge in [-0.05, 0) is 51.9 Å². The summed E-state index contributed by atoms with van der Waals surface area (Å²) >= 11 is 0. The van der Waals surface area contributed by atoms with Gasteiger partial charge in [0.05, 0.1) is 6.10 Å². The van der Waals surface area contributed by atoms with Crippen molar-refractivity contribution in [2.45, 2.75) is 82.4 Å². The summed E-state index contributed by atoms with van der Waals surface area (Å²) in [4.78, 5) is 11.4. The molecule has 0 bridgehead atoms. The second kappa shape index (κ2) is 6.71. The van der Waals surface area contributed by atoms with Crippen LogP contribution in [0, 0.1) is 0 Å². The Morgan fingerprint density at radius 1 is 1.26 bits per heavy atom. The van der Waals surface area contributed by atoms with Crippen LogP contribution in [0.2, 0.25) is 0 Å². The smallest absolute Gasteiger partial charge is 0.323 e. The molecule has 2 fully saturated rings. The average molecular weight is 269 g/mol. The van der Waals surface area contributed by atoms with Crippen LogP contribution >= 0.6 is 0 Å². The lowest BCUT2D eigenvalue weighted by Gasteiger charge is -2.26. The number of carboxylic acids is 1. The van der Waals surface area contributed by atoms with Gasteiger partial charge in [-0.1, -0.05) is 12.8 Å². The summed E-state index contributed by atoms with van der Waals surface area (Å²) in [6.45, 7) is 2.59. The maximum absolute atomic E-state index is 11.4. The molecule has 0 amide bonds. The third-order valence-corrected chi connectivity index (χ3v) is 4.30. The predicted octanol–water partition coefficient (Wildman–Crippen LogP) is 2.71. The number of unbranched alkanes of at least 4 members (excludes halogenated alkanes) is 1. The minimum absolute atomic E-state index is 0.427. The highest BCUT2D eigenvalue weighted by Gasteiger charge is 2.37. The van der Waals surface area contributed by atoms with Crippen LogP contribution in [0.15, 0.2) is 0 Å². The van der Waals surface area contributed by atoms with Gasteiger partial charge in [0.25, 0.3) is 0 Å². The Balaban J connectivity index is 1.60. The second-order valence-corrected chi connectivity index (χ2v) is 6.29. The average Bonchev–Trinajstić information content (AvgIpc) is 3.02. The highest BCUT2D eigenvalue weighted by atomic mass is 16.5. The molecule has 19 heavy (non-hydrogen) atoms. The summed E-state index contributed by atoms with van der Waals surface area (Å²) < 4.78 is 5.80. The number of aliphatic carboxylic acids is 1. The van der Waals surface area contributed by atoms with Crippen molar-refractivity contribution in [1.29, 1.82) is 0 Å². The van der Waals surface area contributed by atoms with Crippen LogP contribution < -0.4 is 5.32 Å². The first-order chi connectivity index (χ1) is 9.10. The van der Waals surface area contributed by atoms with E-state index in [0.717, 1.165) is 32.3 Å². The molecule has 2 saturated carbocycles. The molecule has 4 nitrogen and oxygen atoms in total. The highest BCUT2D eigenvalue weighted by Crippen LogP contribution is 2.26. The number of carboxylic acid groups (broad SMARTS) is 1. The van der Waals surface area contributed by atoms with Crippen LogP contribution in [0.3, 0.4) is 0 Å². The zero-order chi connectivity index (χ0) is 13.7. The van der Waals surface area contributed by atoms with Gasteiger partial charge >= 0.3 is 5.97 Å². The zero-order valence-corrected chi connectivity index (χ0v) is 12.0. The molecule has 0 spiro atoms. The zero-order valence-electron chi connectivity index (χ0n) is 12.0. The van der Waals surface area contributed by atoms with Crippen LogP contribution in [0.1, 0.15) is 64.7 Å². The number of ether oxygens (including phenoxy) is 1. The van der Waals surface area contributed by atoms with Crippen LogP contribution in [0.4, 0.5) is 0 Å². The monoisotopic (exact) mass is 269 g/mol. The topological polar surface area (TPSA) is 58.6 Å². The maximum atomic E-state index is 11.4. The van der Waals surface area contributed by atoms with Crippen molar-refractivity contribution < 1.29 is 14.6 Å². The Morgan fingerprint density at radius 3 is 2.53 bits per heavy atom. The van der Waals surface area contributed by atoms with Gasteiger partial charge in [0.2, 0.25) is 0 Å². The van der Waals surface area contributed by atoms with Gasteiger partial charge in [0.1, 0.15) is 5.54 Å². The quantitative estimate of drug-likeness (QED) is 0.632. The lowest BCUT2D eigenvalue weighted by molar-refractivity contribution is -0.144. The molecule has 4 heteroatoms. The number of nitrogens with one attached hydrogen (secondary N) is 1. The number of hydrogen-bond acceptors (Lipinski definition) is 3. The molecule has 2 aliphatic rings. The molecule has 0 aromatic rings. The normalized spacial score (nSPS) is 23.4. The lowest BCUT2D eigenvalue weighted by atomic mass is 9.95.